The van der Waals surface area contributed by atoms with Gasteiger partial charge in [-0.25, -0.2) is 22.5 Å². The predicted molar refractivity (Wildman–Crippen MR) is 75.6 cm³/mol. The number of hydrogen-bond acceptors (Lipinski definition) is 4. The van der Waals surface area contributed by atoms with Crippen molar-refractivity contribution in [2.75, 3.05) is 30.4 Å². The Balaban J connectivity index is 1.83. The Morgan fingerprint density at radius 3 is 2.85 bits per heavy atom. The second-order valence-corrected chi connectivity index (χ2v) is 7.75. The van der Waals surface area contributed by atoms with E-state index in [1.165, 1.54) is 4.41 Å². The molecule has 7 heteroatoms. The fraction of sp³-hybridized carbons (Fsp3) is 0.769. The summed E-state index contributed by atoms with van der Waals surface area (Å²) in [6.45, 7) is 1.06. The van der Waals surface area contributed by atoms with Crippen LogP contribution < -0.4 is 4.41 Å². The minimum absolute atomic E-state index is 0.172. The van der Waals surface area contributed by atoms with E-state index in [0.29, 0.717) is 13.2 Å². The molecule has 0 radical (unpaired) electrons. The quantitative estimate of drug-likeness (QED) is 0.811. The van der Waals surface area contributed by atoms with Crippen molar-refractivity contribution in [3.63, 3.8) is 0 Å². The molecule has 0 saturated heterocycles. The van der Waals surface area contributed by atoms with Gasteiger partial charge in [-0.15, -0.1) is 0 Å². The number of sulfonamides is 1. The third kappa shape index (κ3) is 2.33. The fourth-order valence-electron chi connectivity index (χ4n) is 3.24. The van der Waals surface area contributed by atoms with Gasteiger partial charge in [-0.2, -0.15) is 0 Å². The van der Waals surface area contributed by atoms with Crippen LogP contribution in [-0.2, 0) is 21.2 Å². The SMILES string of the molecule is COCC1(CS(=O)(=O)N2CCCc3nccn32)CCC1. The number of ether oxygens (including phenoxy) is 1. The maximum atomic E-state index is 12.8. The molecule has 0 spiro atoms. The van der Waals surface area contributed by atoms with Crippen LogP contribution in [-0.4, -0.2) is 44.1 Å². The maximum Gasteiger partial charge on any atom is 0.249 e. The molecule has 0 amide bonds. The predicted octanol–water partition coefficient (Wildman–Crippen LogP) is 0.914. The number of imidazole rings is 1. The number of aryl methyl sites for hydroxylation is 1. The van der Waals surface area contributed by atoms with Crippen LogP contribution in [0.3, 0.4) is 0 Å². The van der Waals surface area contributed by atoms with Gasteiger partial charge in [-0.3, -0.25) is 0 Å². The molecule has 6 nitrogen and oxygen atoms in total. The minimum atomic E-state index is -3.33. The lowest BCUT2D eigenvalue weighted by Crippen LogP contribution is -2.51. The maximum absolute atomic E-state index is 12.8. The monoisotopic (exact) mass is 299 g/mol. The second-order valence-electron chi connectivity index (χ2n) is 5.88. The molecule has 1 aromatic heterocycles. The average molecular weight is 299 g/mol. The van der Waals surface area contributed by atoms with Gasteiger partial charge in [0.2, 0.25) is 10.0 Å². The van der Waals surface area contributed by atoms with Crippen LogP contribution in [0.5, 0.6) is 0 Å². The van der Waals surface area contributed by atoms with Crippen LogP contribution in [0, 0.1) is 5.41 Å². The summed E-state index contributed by atoms with van der Waals surface area (Å²) in [6, 6.07) is 0. The van der Waals surface area contributed by atoms with Crippen LogP contribution in [0.4, 0.5) is 0 Å². The van der Waals surface area contributed by atoms with Gasteiger partial charge in [0, 0.05) is 31.3 Å². The third-order valence-electron chi connectivity index (χ3n) is 4.36. The highest BCUT2D eigenvalue weighted by atomic mass is 32.2. The molecule has 0 bridgehead atoms. The zero-order valence-corrected chi connectivity index (χ0v) is 12.6. The number of aromatic nitrogens is 2. The van der Waals surface area contributed by atoms with Crippen LogP contribution in [0.15, 0.2) is 12.4 Å². The van der Waals surface area contributed by atoms with Gasteiger partial charge in [0.1, 0.15) is 5.82 Å². The number of rotatable bonds is 5. The third-order valence-corrected chi connectivity index (χ3v) is 6.34. The molecule has 1 aliphatic heterocycles. The van der Waals surface area contributed by atoms with Crippen molar-refractivity contribution in [2.24, 2.45) is 5.41 Å². The van der Waals surface area contributed by atoms with Crippen molar-refractivity contribution in [1.29, 1.82) is 0 Å². The van der Waals surface area contributed by atoms with E-state index in [1.54, 1.807) is 24.2 Å². The Labute approximate surface area is 119 Å². The summed E-state index contributed by atoms with van der Waals surface area (Å²) in [5, 5.41) is 0. The molecule has 2 heterocycles. The molecule has 1 fully saturated rings. The van der Waals surface area contributed by atoms with Crippen molar-refractivity contribution >= 4 is 10.0 Å². The summed E-state index contributed by atoms with van der Waals surface area (Å²) in [7, 11) is -1.69. The van der Waals surface area contributed by atoms with E-state index in [2.05, 4.69) is 4.98 Å². The largest absolute Gasteiger partial charge is 0.384 e. The normalized spacial score (nSPS) is 21.4. The highest BCUT2D eigenvalue weighted by molar-refractivity contribution is 7.92. The van der Waals surface area contributed by atoms with Crippen molar-refractivity contribution in [3.8, 4) is 0 Å². The summed E-state index contributed by atoms with van der Waals surface area (Å²) in [6.07, 6.45) is 8.02. The Morgan fingerprint density at radius 2 is 2.20 bits per heavy atom. The van der Waals surface area contributed by atoms with Gasteiger partial charge >= 0.3 is 0 Å². The second kappa shape index (κ2) is 5.04. The first-order valence-electron chi connectivity index (χ1n) is 7.08. The molecule has 1 saturated carbocycles. The average Bonchev–Trinajstić information content (AvgIpc) is 2.83. The van der Waals surface area contributed by atoms with Crippen molar-refractivity contribution in [2.45, 2.75) is 32.1 Å². The van der Waals surface area contributed by atoms with E-state index in [1.807, 2.05) is 0 Å². The van der Waals surface area contributed by atoms with E-state index >= 15 is 0 Å². The first-order chi connectivity index (χ1) is 9.56. The van der Waals surface area contributed by atoms with E-state index < -0.39 is 10.0 Å². The minimum Gasteiger partial charge on any atom is -0.384 e. The standard InChI is InChI=1S/C13H21N3O3S/c1-19-10-13(5-3-6-13)11-20(17,18)16-8-2-4-12-14-7-9-15(12)16/h7,9H,2-6,8,10-11H2,1H3. The van der Waals surface area contributed by atoms with Crippen molar-refractivity contribution < 1.29 is 13.2 Å². The van der Waals surface area contributed by atoms with Crippen LogP contribution in [0.1, 0.15) is 31.5 Å². The van der Waals surface area contributed by atoms with Gasteiger partial charge in [0.25, 0.3) is 0 Å². The Morgan fingerprint density at radius 1 is 1.40 bits per heavy atom. The van der Waals surface area contributed by atoms with Gasteiger partial charge in [0.15, 0.2) is 0 Å². The molecule has 1 aromatic rings. The number of methoxy groups -OCH3 is 1. The lowest BCUT2D eigenvalue weighted by molar-refractivity contribution is 0.0356. The number of hydrogen-bond donors (Lipinski definition) is 0. The van der Waals surface area contributed by atoms with E-state index in [9.17, 15) is 8.42 Å². The Bertz CT molecular complexity index is 577. The topological polar surface area (TPSA) is 64.4 Å². The first-order valence-corrected chi connectivity index (χ1v) is 8.69. The fourth-order valence-corrected chi connectivity index (χ4v) is 5.36. The lowest BCUT2D eigenvalue weighted by atomic mass is 9.71. The molecule has 0 unspecified atom stereocenters. The number of fused-ring (bicyclic) bond motifs is 1. The van der Waals surface area contributed by atoms with Crippen LogP contribution in [0.25, 0.3) is 0 Å². The van der Waals surface area contributed by atoms with E-state index in [-0.39, 0.29) is 11.2 Å². The molecule has 20 heavy (non-hydrogen) atoms. The summed E-state index contributed by atoms with van der Waals surface area (Å²) in [4.78, 5) is 4.22. The van der Waals surface area contributed by atoms with E-state index in [0.717, 1.165) is 37.9 Å². The van der Waals surface area contributed by atoms with Crippen LogP contribution in [0.2, 0.25) is 0 Å². The Kier molecular flexibility index (Phi) is 3.50. The van der Waals surface area contributed by atoms with Gasteiger partial charge < -0.3 is 4.74 Å². The lowest BCUT2D eigenvalue weighted by Gasteiger charge is -2.42. The summed E-state index contributed by atoms with van der Waals surface area (Å²) >= 11 is 0. The smallest absolute Gasteiger partial charge is 0.249 e. The zero-order valence-electron chi connectivity index (χ0n) is 11.8. The van der Waals surface area contributed by atoms with Gasteiger partial charge in [-0.1, -0.05) is 6.42 Å². The molecule has 1 aliphatic carbocycles. The highest BCUT2D eigenvalue weighted by Gasteiger charge is 2.43. The molecular formula is C13H21N3O3S. The molecular weight excluding hydrogens is 278 g/mol. The number of nitrogens with zero attached hydrogens (tertiary/aromatic N) is 3. The summed E-state index contributed by atoms with van der Waals surface area (Å²) < 4.78 is 33.9. The zero-order chi connectivity index (χ0) is 14.2. The van der Waals surface area contributed by atoms with E-state index in [4.69, 9.17) is 4.74 Å². The highest BCUT2D eigenvalue weighted by Crippen LogP contribution is 2.42. The Hall–Kier alpha value is -1.08. The summed E-state index contributed by atoms with van der Waals surface area (Å²) in [5.74, 6) is 1.00. The summed E-state index contributed by atoms with van der Waals surface area (Å²) in [5.41, 5.74) is -0.189. The molecule has 112 valence electrons. The molecule has 0 N–H and O–H groups in total. The molecule has 2 aliphatic rings. The molecule has 0 aromatic carbocycles. The first kappa shape index (κ1) is 13.9. The van der Waals surface area contributed by atoms with Crippen molar-refractivity contribution in [1.82, 2.24) is 9.66 Å². The molecule has 0 atom stereocenters. The van der Waals surface area contributed by atoms with Gasteiger partial charge in [-0.05, 0) is 19.3 Å². The van der Waals surface area contributed by atoms with Gasteiger partial charge in [0.05, 0.1) is 18.9 Å². The van der Waals surface area contributed by atoms with Crippen LogP contribution >= 0.6 is 0 Å². The van der Waals surface area contributed by atoms with Crippen molar-refractivity contribution in [3.05, 3.63) is 18.2 Å². The molecule has 3 rings (SSSR count).